The summed E-state index contributed by atoms with van der Waals surface area (Å²) in [6.45, 7) is 7.73. The molecular weight excluding hydrogens is 122 g/mol. The van der Waals surface area contributed by atoms with Gasteiger partial charge in [-0.1, -0.05) is 40.0 Å². The van der Waals surface area contributed by atoms with Crippen LogP contribution in [0.1, 0.15) is 40.0 Å². The molecule has 1 saturated carbocycles. The van der Waals surface area contributed by atoms with Crippen LogP contribution in [0.25, 0.3) is 0 Å². The fourth-order valence-electron chi connectivity index (χ4n) is 0.530. The molecule has 0 atom stereocenters. The van der Waals surface area contributed by atoms with Crippen LogP contribution in [-0.4, -0.2) is 13.6 Å². The standard InChI is InChI=1S/C6H15N.C3H6/c1-6(2,3)5-7-4;1-2-3-1/h7H,5H2,1-4H3;1-3H2. The second kappa shape index (κ2) is 4.73. The first-order valence-electron chi connectivity index (χ1n) is 4.21. The highest BCUT2D eigenvalue weighted by Gasteiger charge is 2.05. The van der Waals surface area contributed by atoms with Crippen LogP contribution in [0.15, 0.2) is 0 Å². The summed E-state index contributed by atoms with van der Waals surface area (Å²) in [7, 11) is 1.98. The molecule has 0 spiro atoms. The van der Waals surface area contributed by atoms with E-state index in [9.17, 15) is 0 Å². The van der Waals surface area contributed by atoms with Crippen LogP contribution in [0.3, 0.4) is 0 Å². The van der Waals surface area contributed by atoms with Crippen LogP contribution in [-0.2, 0) is 0 Å². The predicted octanol–water partition coefficient (Wildman–Crippen LogP) is 2.42. The average molecular weight is 143 g/mol. The van der Waals surface area contributed by atoms with Gasteiger partial charge in [0.05, 0.1) is 0 Å². The summed E-state index contributed by atoms with van der Waals surface area (Å²) < 4.78 is 0. The van der Waals surface area contributed by atoms with E-state index in [1.165, 1.54) is 19.3 Å². The van der Waals surface area contributed by atoms with Crippen LogP contribution >= 0.6 is 0 Å². The van der Waals surface area contributed by atoms with E-state index in [4.69, 9.17) is 0 Å². The molecule has 0 unspecified atom stereocenters. The van der Waals surface area contributed by atoms with Crippen LogP contribution < -0.4 is 5.32 Å². The molecule has 1 heteroatoms. The maximum atomic E-state index is 3.11. The fraction of sp³-hybridized carbons (Fsp3) is 1.00. The van der Waals surface area contributed by atoms with E-state index in [-0.39, 0.29) is 0 Å². The van der Waals surface area contributed by atoms with Crippen LogP contribution in [0.4, 0.5) is 0 Å². The molecule has 0 amide bonds. The van der Waals surface area contributed by atoms with Gasteiger partial charge in [-0.05, 0) is 19.0 Å². The van der Waals surface area contributed by atoms with Gasteiger partial charge < -0.3 is 5.32 Å². The molecule has 0 radical (unpaired) electrons. The zero-order valence-corrected chi connectivity index (χ0v) is 7.83. The quantitative estimate of drug-likeness (QED) is 0.594. The highest BCUT2D eigenvalue weighted by atomic mass is 14.8. The zero-order valence-electron chi connectivity index (χ0n) is 7.83. The zero-order chi connectivity index (χ0) is 8.04. The summed E-state index contributed by atoms with van der Waals surface area (Å²) in [5.74, 6) is 0. The van der Waals surface area contributed by atoms with Crippen molar-refractivity contribution in [1.82, 2.24) is 5.32 Å². The molecule has 0 bridgehead atoms. The number of rotatable bonds is 1. The lowest BCUT2D eigenvalue weighted by atomic mass is 9.97. The van der Waals surface area contributed by atoms with Crippen molar-refractivity contribution >= 4 is 0 Å². The monoisotopic (exact) mass is 143 g/mol. The number of nitrogens with one attached hydrogen (secondary N) is 1. The Morgan fingerprint density at radius 2 is 1.50 bits per heavy atom. The smallest absolute Gasteiger partial charge is 0.000313 e. The van der Waals surface area contributed by atoms with Gasteiger partial charge >= 0.3 is 0 Å². The SMILES string of the molecule is C1CC1.CNCC(C)(C)C. The first-order valence-corrected chi connectivity index (χ1v) is 4.21. The van der Waals surface area contributed by atoms with E-state index in [0.29, 0.717) is 5.41 Å². The first kappa shape index (κ1) is 9.96. The molecular formula is C9H21N. The van der Waals surface area contributed by atoms with Gasteiger partial charge in [-0.15, -0.1) is 0 Å². The summed E-state index contributed by atoms with van der Waals surface area (Å²) >= 11 is 0. The molecule has 0 aromatic heterocycles. The van der Waals surface area contributed by atoms with Gasteiger partial charge in [-0.2, -0.15) is 0 Å². The minimum Gasteiger partial charge on any atom is -0.319 e. The molecule has 1 aliphatic rings. The van der Waals surface area contributed by atoms with Gasteiger partial charge in [0.25, 0.3) is 0 Å². The van der Waals surface area contributed by atoms with Crippen molar-refractivity contribution in [3.8, 4) is 0 Å². The van der Waals surface area contributed by atoms with E-state index in [1.807, 2.05) is 7.05 Å². The molecule has 1 aliphatic carbocycles. The van der Waals surface area contributed by atoms with Crippen molar-refractivity contribution in [2.75, 3.05) is 13.6 Å². The van der Waals surface area contributed by atoms with Crippen molar-refractivity contribution in [3.63, 3.8) is 0 Å². The normalized spacial score (nSPS) is 15.6. The molecule has 1 nitrogen and oxygen atoms in total. The Bertz CT molecular complexity index is 66.5. The topological polar surface area (TPSA) is 12.0 Å². The predicted molar refractivity (Wildman–Crippen MR) is 47.2 cm³/mol. The third-order valence-corrected chi connectivity index (χ3v) is 1.06. The molecule has 0 heterocycles. The van der Waals surface area contributed by atoms with Gasteiger partial charge in [0.15, 0.2) is 0 Å². The number of hydrogen-bond acceptors (Lipinski definition) is 1. The molecule has 0 saturated heterocycles. The minimum atomic E-state index is 0.439. The van der Waals surface area contributed by atoms with Gasteiger partial charge in [0.2, 0.25) is 0 Å². The van der Waals surface area contributed by atoms with Crippen LogP contribution in [0, 0.1) is 5.41 Å². The third kappa shape index (κ3) is 15.7. The molecule has 1 fully saturated rings. The molecule has 1 N–H and O–H groups in total. The largest absolute Gasteiger partial charge is 0.319 e. The summed E-state index contributed by atoms with van der Waals surface area (Å²) in [4.78, 5) is 0. The van der Waals surface area contributed by atoms with E-state index >= 15 is 0 Å². The van der Waals surface area contributed by atoms with Gasteiger partial charge in [0, 0.05) is 0 Å². The molecule has 1 rings (SSSR count). The summed E-state index contributed by atoms with van der Waals surface area (Å²) in [5.41, 5.74) is 0.439. The number of hydrogen-bond donors (Lipinski definition) is 1. The van der Waals surface area contributed by atoms with E-state index < -0.39 is 0 Å². The van der Waals surface area contributed by atoms with Crippen molar-refractivity contribution in [2.45, 2.75) is 40.0 Å². The maximum absolute atomic E-state index is 3.11. The second-order valence-electron chi connectivity index (χ2n) is 4.15. The van der Waals surface area contributed by atoms with Crippen LogP contribution in [0.5, 0.6) is 0 Å². The van der Waals surface area contributed by atoms with Crippen molar-refractivity contribution in [3.05, 3.63) is 0 Å². The Balaban J connectivity index is 0.000000219. The second-order valence-corrected chi connectivity index (χ2v) is 4.15. The minimum absolute atomic E-state index is 0.439. The van der Waals surface area contributed by atoms with Crippen molar-refractivity contribution in [2.24, 2.45) is 5.41 Å². The Labute approximate surface area is 65.2 Å². The summed E-state index contributed by atoms with van der Waals surface area (Å²) in [6.07, 6.45) is 4.50. The highest BCUT2D eigenvalue weighted by Crippen LogP contribution is 2.14. The van der Waals surface area contributed by atoms with Gasteiger partial charge in [-0.25, -0.2) is 0 Å². The van der Waals surface area contributed by atoms with Gasteiger partial charge in [0.1, 0.15) is 0 Å². The molecule has 0 aliphatic heterocycles. The molecule has 10 heavy (non-hydrogen) atoms. The van der Waals surface area contributed by atoms with Crippen molar-refractivity contribution < 1.29 is 0 Å². The summed E-state index contributed by atoms with van der Waals surface area (Å²) in [6, 6.07) is 0. The van der Waals surface area contributed by atoms with Crippen molar-refractivity contribution in [1.29, 1.82) is 0 Å². The van der Waals surface area contributed by atoms with Gasteiger partial charge in [-0.3, -0.25) is 0 Å². The molecule has 62 valence electrons. The fourth-order valence-corrected chi connectivity index (χ4v) is 0.530. The van der Waals surface area contributed by atoms with E-state index in [0.717, 1.165) is 6.54 Å². The first-order chi connectivity index (χ1) is 4.56. The van der Waals surface area contributed by atoms with E-state index in [2.05, 4.69) is 26.1 Å². The Kier molecular flexibility index (Phi) is 4.71. The lowest BCUT2D eigenvalue weighted by Crippen LogP contribution is -2.22. The third-order valence-electron chi connectivity index (χ3n) is 1.06. The molecule has 0 aromatic carbocycles. The summed E-state index contributed by atoms with van der Waals surface area (Å²) in [5, 5.41) is 3.11. The molecule has 0 aromatic rings. The lowest BCUT2D eigenvalue weighted by Gasteiger charge is -2.16. The Hall–Kier alpha value is -0.0400. The average Bonchev–Trinajstić information content (AvgIpc) is 2.40. The Morgan fingerprint density at radius 3 is 1.50 bits per heavy atom. The van der Waals surface area contributed by atoms with Crippen LogP contribution in [0.2, 0.25) is 0 Å². The van der Waals surface area contributed by atoms with E-state index in [1.54, 1.807) is 0 Å². The lowest BCUT2D eigenvalue weighted by molar-refractivity contribution is 0.395. The maximum Gasteiger partial charge on any atom is -0.000313 e. The Morgan fingerprint density at radius 1 is 1.10 bits per heavy atom. The highest BCUT2D eigenvalue weighted by molar-refractivity contribution is 4.61.